The molecule has 0 radical (unpaired) electrons. The van der Waals surface area contributed by atoms with Gasteiger partial charge in [0.05, 0.1) is 0 Å². The van der Waals surface area contributed by atoms with Crippen LogP contribution in [0.5, 0.6) is 0 Å². The lowest BCUT2D eigenvalue weighted by Gasteiger charge is -2.09. The molecule has 1 unspecified atom stereocenters. The van der Waals surface area contributed by atoms with Gasteiger partial charge in [-0.25, -0.2) is 4.39 Å². The van der Waals surface area contributed by atoms with Gasteiger partial charge in [0.25, 0.3) is 6.47 Å². The second-order valence-corrected chi connectivity index (χ2v) is 5.97. The SMILES string of the molecule is CC(OC=O)c1ccccc1F.CNc1c(C)noc1-c1ccc(B(O)O)cn1. The summed E-state index contributed by atoms with van der Waals surface area (Å²) in [6.45, 7) is 3.76. The van der Waals surface area contributed by atoms with Gasteiger partial charge < -0.3 is 24.6 Å². The number of anilines is 1. The van der Waals surface area contributed by atoms with Crippen LogP contribution >= 0.6 is 0 Å². The molecular weight excluding hydrogens is 380 g/mol. The molecule has 152 valence electrons. The highest BCUT2D eigenvalue weighted by Crippen LogP contribution is 2.28. The molecule has 0 saturated carbocycles. The predicted octanol–water partition coefficient (Wildman–Crippen LogP) is 1.83. The number of benzene rings is 1. The highest BCUT2D eigenvalue weighted by molar-refractivity contribution is 6.58. The molecule has 2 aromatic heterocycles. The Hall–Kier alpha value is -3.24. The monoisotopic (exact) mass is 401 g/mol. The molecule has 0 saturated heterocycles. The molecule has 3 aromatic rings. The van der Waals surface area contributed by atoms with E-state index < -0.39 is 13.2 Å². The number of hydrogen-bond donors (Lipinski definition) is 3. The first-order chi connectivity index (χ1) is 13.9. The summed E-state index contributed by atoms with van der Waals surface area (Å²) < 4.78 is 22.7. The van der Waals surface area contributed by atoms with Crippen molar-refractivity contribution in [1.29, 1.82) is 0 Å². The van der Waals surface area contributed by atoms with Crippen LogP contribution in [0.1, 0.15) is 24.3 Å². The molecule has 8 nitrogen and oxygen atoms in total. The molecule has 0 amide bonds. The molecule has 29 heavy (non-hydrogen) atoms. The third kappa shape index (κ3) is 5.63. The molecule has 3 N–H and O–H groups in total. The summed E-state index contributed by atoms with van der Waals surface area (Å²) in [4.78, 5) is 14.1. The summed E-state index contributed by atoms with van der Waals surface area (Å²) in [7, 11) is 0.256. The van der Waals surface area contributed by atoms with E-state index in [9.17, 15) is 9.18 Å². The first-order valence-electron chi connectivity index (χ1n) is 8.69. The van der Waals surface area contributed by atoms with Crippen LogP contribution in [-0.2, 0) is 9.53 Å². The van der Waals surface area contributed by atoms with Crippen LogP contribution in [0.4, 0.5) is 10.1 Å². The lowest BCUT2D eigenvalue weighted by molar-refractivity contribution is -0.133. The number of nitrogens with one attached hydrogen (secondary N) is 1. The minimum absolute atomic E-state index is 0.317. The Morgan fingerprint density at radius 1 is 1.28 bits per heavy atom. The van der Waals surface area contributed by atoms with Crippen molar-refractivity contribution in [3.05, 3.63) is 59.7 Å². The van der Waals surface area contributed by atoms with Crippen molar-refractivity contribution in [2.75, 3.05) is 12.4 Å². The third-order valence-corrected chi connectivity index (χ3v) is 4.03. The van der Waals surface area contributed by atoms with E-state index in [4.69, 9.17) is 14.6 Å². The van der Waals surface area contributed by atoms with Gasteiger partial charge in [0, 0.05) is 24.3 Å². The van der Waals surface area contributed by atoms with Crippen molar-refractivity contribution >= 4 is 24.7 Å². The van der Waals surface area contributed by atoms with E-state index in [1.807, 2.05) is 6.92 Å². The minimum atomic E-state index is -1.52. The average molecular weight is 401 g/mol. The second kappa shape index (κ2) is 10.3. The van der Waals surface area contributed by atoms with Crippen molar-refractivity contribution in [2.24, 2.45) is 0 Å². The summed E-state index contributed by atoms with van der Waals surface area (Å²) in [6.07, 6.45) is 0.862. The molecule has 0 fully saturated rings. The smallest absolute Gasteiger partial charge is 0.460 e. The molecular formula is C19H21BFN3O5. The van der Waals surface area contributed by atoms with E-state index in [0.29, 0.717) is 29.0 Å². The quantitative estimate of drug-likeness (QED) is 0.423. The fourth-order valence-corrected chi connectivity index (χ4v) is 2.49. The van der Waals surface area contributed by atoms with Crippen LogP contribution in [0, 0.1) is 12.7 Å². The summed E-state index contributed by atoms with van der Waals surface area (Å²) >= 11 is 0. The molecule has 0 bridgehead atoms. The number of carbonyl (C=O) groups is 1. The van der Waals surface area contributed by atoms with Gasteiger partial charge in [-0.15, -0.1) is 0 Å². The number of aryl methyl sites for hydroxylation is 1. The molecule has 10 heteroatoms. The molecule has 0 aliphatic carbocycles. The molecule has 0 spiro atoms. The van der Waals surface area contributed by atoms with E-state index in [1.54, 1.807) is 44.3 Å². The van der Waals surface area contributed by atoms with E-state index >= 15 is 0 Å². The number of halogens is 1. The Labute approximate surface area is 167 Å². The van der Waals surface area contributed by atoms with Crippen molar-refractivity contribution < 1.29 is 28.5 Å². The summed E-state index contributed by atoms with van der Waals surface area (Å²) in [5.41, 5.74) is 2.82. The van der Waals surface area contributed by atoms with Crippen LogP contribution in [0.3, 0.4) is 0 Å². The number of carbonyl (C=O) groups excluding carboxylic acids is 1. The van der Waals surface area contributed by atoms with Crippen molar-refractivity contribution in [2.45, 2.75) is 20.0 Å². The lowest BCUT2D eigenvalue weighted by atomic mass is 9.81. The highest BCUT2D eigenvalue weighted by Gasteiger charge is 2.16. The number of nitrogens with zero attached hydrogens (tertiary/aromatic N) is 2. The number of hydrogen-bond acceptors (Lipinski definition) is 8. The Bertz CT molecular complexity index is 934. The fourth-order valence-electron chi connectivity index (χ4n) is 2.49. The van der Waals surface area contributed by atoms with E-state index in [-0.39, 0.29) is 5.82 Å². The Morgan fingerprint density at radius 3 is 2.55 bits per heavy atom. The topological polar surface area (TPSA) is 118 Å². The van der Waals surface area contributed by atoms with Gasteiger partial charge in [0.2, 0.25) is 5.76 Å². The number of rotatable bonds is 6. The molecule has 2 heterocycles. The lowest BCUT2D eigenvalue weighted by Crippen LogP contribution is -2.29. The minimum Gasteiger partial charge on any atom is -0.460 e. The normalized spacial score (nSPS) is 11.1. The molecule has 1 aromatic carbocycles. The fraction of sp³-hybridized carbons (Fsp3) is 0.211. The van der Waals surface area contributed by atoms with Crippen molar-refractivity contribution in [3.8, 4) is 11.5 Å². The van der Waals surface area contributed by atoms with Gasteiger partial charge in [-0.3, -0.25) is 9.78 Å². The van der Waals surface area contributed by atoms with Crippen LogP contribution in [0.15, 0.2) is 47.1 Å². The molecule has 1 atom stereocenters. The van der Waals surface area contributed by atoms with Crippen LogP contribution in [-0.4, -0.2) is 40.8 Å². The standard InChI is InChI=1S/C10H12BN3O3.C9H9FO2/c1-6-9(12-2)10(17-14-6)8-4-3-7(5-13-8)11(15)16;1-7(12-6-11)8-4-2-3-5-9(8)10/h3-5,12,15-16H,1-2H3;2-7H,1H3. The maximum Gasteiger partial charge on any atom is 0.490 e. The van der Waals surface area contributed by atoms with Gasteiger partial charge in [0.15, 0.2) is 0 Å². The number of pyridine rings is 1. The first kappa shape index (κ1) is 22.1. The van der Waals surface area contributed by atoms with Gasteiger partial charge in [0.1, 0.15) is 29.0 Å². The molecule has 3 rings (SSSR count). The second-order valence-electron chi connectivity index (χ2n) is 5.97. The summed E-state index contributed by atoms with van der Waals surface area (Å²) in [5.74, 6) is 0.177. The zero-order chi connectivity index (χ0) is 21.4. The van der Waals surface area contributed by atoms with Crippen LogP contribution < -0.4 is 10.8 Å². The summed E-state index contributed by atoms with van der Waals surface area (Å²) in [5, 5.41) is 24.7. The molecule has 0 aliphatic heterocycles. The Kier molecular flexibility index (Phi) is 7.87. The maximum atomic E-state index is 13.0. The van der Waals surface area contributed by atoms with Crippen LogP contribution in [0.2, 0.25) is 0 Å². The van der Waals surface area contributed by atoms with E-state index in [0.717, 1.165) is 11.4 Å². The zero-order valence-corrected chi connectivity index (χ0v) is 16.2. The molecule has 0 aliphatic rings. The van der Waals surface area contributed by atoms with Gasteiger partial charge in [-0.2, -0.15) is 0 Å². The Balaban J connectivity index is 0.000000221. The Morgan fingerprint density at radius 2 is 2.00 bits per heavy atom. The first-order valence-corrected chi connectivity index (χ1v) is 8.69. The summed E-state index contributed by atoms with van der Waals surface area (Å²) in [6, 6.07) is 9.43. The average Bonchev–Trinajstić information content (AvgIpc) is 3.09. The highest BCUT2D eigenvalue weighted by atomic mass is 19.1. The third-order valence-electron chi connectivity index (χ3n) is 4.03. The van der Waals surface area contributed by atoms with Crippen molar-refractivity contribution in [1.82, 2.24) is 10.1 Å². The van der Waals surface area contributed by atoms with Gasteiger partial charge >= 0.3 is 7.12 Å². The van der Waals surface area contributed by atoms with E-state index in [2.05, 4.69) is 20.2 Å². The largest absolute Gasteiger partial charge is 0.490 e. The van der Waals surface area contributed by atoms with Gasteiger partial charge in [-0.1, -0.05) is 29.4 Å². The van der Waals surface area contributed by atoms with Crippen LogP contribution in [0.25, 0.3) is 11.5 Å². The number of aromatic nitrogens is 2. The van der Waals surface area contributed by atoms with Gasteiger partial charge in [-0.05, 0) is 26.0 Å². The van der Waals surface area contributed by atoms with E-state index in [1.165, 1.54) is 12.3 Å². The predicted molar refractivity (Wildman–Crippen MR) is 106 cm³/mol. The number of ether oxygens (including phenoxy) is 1. The maximum absolute atomic E-state index is 13.0. The van der Waals surface area contributed by atoms with Crippen molar-refractivity contribution in [3.63, 3.8) is 0 Å². The zero-order valence-electron chi connectivity index (χ0n) is 16.2.